The normalized spacial score (nSPS) is 11.1. The van der Waals surface area contributed by atoms with Crippen LogP contribution in [0, 0.1) is 10.1 Å². The molecule has 0 aromatic rings. The predicted octanol–water partition coefficient (Wildman–Crippen LogP) is -2.13. The average molecular weight is 153 g/mol. The Morgan fingerprint density at radius 1 is 1.50 bits per heavy atom. The van der Waals surface area contributed by atoms with Crippen LogP contribution in [-0.2, 0) is 4.84 Å². The summed E-state index contributed by atoms with van der Waals surface area (Å²) in [6.07, 6.45) is 0. The molecule has 0 aliphatic carbocycles. The highest BCUT2D eigenvalue weighted by atomic mass is 17.0. The minimum absolute atomic E-state index is 1.04. The zero-order chi connectivity index (χ0) is 8.20. The quantitative estimate of drug-likeness (QED) is 0.241. The second-order valence-electron chi connectivity index (χ2n) is 1.58. The van der Waals surface area contributed by atoms with Gasteiger partial charge in [0, 0.05) is 0 Å². The fraction of sp³-hybridized carbons (Fsp3) is 1.00. The van der Waals surface area contributed by atoms with Crippen molar-refractivity contribution in [2.45, 2.75) is 5.79 Å². The molecule has 0 atom stereocenters. The summed E-state index contributed by atoms with van der Waals surface area (Å²) in [5.74, 6) is -2.48. The van der Waals surface area contributed by atoms with Crippen LogP contribution in [0.25, 0.3) is 0 Å². The molecule has 0 aromatic heterocycles. The van der Waals surface area contributed by atoms with Gasteiger partial charge in [0.05, 0.1) is 13.2 Å². The first kappa shape index (κ1) is 9.08. The van der Waals surface area contributed by atoms with E-state index in [2.05, 4.69) is 4.84 Å². The van der Waals surface area contributed by atoms with Gasteiger partial charge in [-0.1, -0.05) is 0 Å². The van der Waals surface area contributed by atoms with E-state index < -0.39 is 24.1 Å². The van der Waals surface area contributed by atoms with Gasteiger partial charge in [-0.15, -0.1) is 10.1 Å². The van der Waals surface area contributed by atoms with Crippen molar-refractivity contribution in [2.75, 3.05) is 13.2 Å². The van der Waals surface area contributed by atoms with Crippen LogP contribution in [0.15, 0.2) is 0 Å². The van der Waals surface area contributed by atoms with Crippen molar-refractivity contribution >= 4 is 0 Å². The van der Waals surface area contributed by atoms with E-state index in [0.29, 0.717) is 0 Å². The summed E-state index contributed by atoms with van der Waals surface area (Å²) < 4.78 is 0. The maximum atomic E-state index is 9.53. The van der Waals surface area contributed by atoms with Gasteiger partial charge in [0.25, 0.3) is 10.9 Å². The summed E-state index contributed by atoms with van der Waals surface area (Å²) in [4.78, 5) is 13.0. The zero-order valence-corrected chi connectivity index (χ0v) is 4.93. The molecule has 0 aliphatic heterocycles. The summed E-state index contributed by atoms with van der Waals surface area (Å²) in [7, 11) is 0. The Bertz CT molecular complexity index is 120. The Kier molecular flexibility index (Phi) is 3.00. The SMILES string of the molecule is O=[N+]([O-])OC(O)(CO)CO. The van der Waals surface area contributed by atoms with Gasteiger partial charge in [0.15, 0.2) is 0 Å². The van der Waals surface area contributed by atoms with Gasteiger partial charge < -0.3 is 15.3 Å². The molecule has 0 radical (unpaired) electrons. The third-order valence-corrected chi connectivity index (χ3v) is 0.739. The summed E-state index contributed by atoms with van der Waals surface area (Å²) in [6.45, 7) is -2.07. The molecule has 3 N–H and O–H groups in total. The van der Waals surface area contributed by atoms with Crippen LogP contribution in [0.1, 0.15) is 0 Å². The molecule has 0 aliphatic rings. The zero-order valence-electron chi connectivity index (χ0n) is 4.93. The van der Waals surface area contributed by atoms with Gasteiger partial charge in [0.2, 0.25) is 0 Å². The fourth-order valence-corrected chi connectivity index (χ4v) is 0.246. The lowest BCUT2D eigenvalue weighted by molar-refractivity contribution is -0.797. The Morgan fingerprint density at radius 2 is 1.90 bits per heavy atom. The van der Waals surface area contributed by atoms with Gasteiger partial charge >= 0.3 is 0 Å². The van der Waals surface area contributed by atoms with Gasteiger partial charge in [-0.05, 0) is 0 Å². The Labute approximate surface area is 55.6 Å². The van der Waals surface area contributed by atoms with Crippen molar-refractivity contribution in [1.29, 1.82) is 0 Å². The topological polar surface area (TPSA) is 113 Å². The van der Waals surface area contributed by atoms with Crippen LogP contribution < -0.4 is 0 Å². The van der Waals surface area contributed by atoms with Crippen molar-refractivity contribution in [3.8, 4) is 0 Å². The highest BCUT2D eigenvalue weighted by Crippen LogP contribution is 2.03. The van der Waals surface area contributed by atoms with E-state index in [4.69, 9.17) is 15.3 Å². The van der Waals surface area contributed by atoms with Crippen LogP contribution in [0.3, 0.4) is 0 Å². The van der Waals surface area contributed by atoms with Crippen molar-refractivity contribution in [3.05, 3.63) is 10.1 Å². The lowest BCUT2D eigenvalue weighted by atomic mass is 10.3. The van der Waals surface area contributed by atoms with E-state index in [0.717, 1.165) is 0 Å². The van der Waals surface area contributed by atoms with E-state index in [9.17, 15) is 10.1 Å². The Morgan fingerprint density at radius 3 is 2.00 bits per heavy atom. The molecular weight excluding hydrogens is 146 g/mol. The van der Waals surface area contributed by atoms with Crippen molar-refractivity contribution < 1.29 is 25.2 Å². The van der Waals surface area contributed by atoms with Gasteiger partial charge in [-0.3, -0.25) is 4.84 Å². The third kappa shape index (κ3) is 2.58. The molecule has 0 fully saturated rings. The molecule has 10 heavy (non-hydrogen) atoms. The number of rotatable bonds is 4. The van der Waals surface area contributed by atoms with Crippen molar-refractivity contribution in [1.82, 2.24) is 0 Å². The second-order valence-corrected chi connectivity index (χ2v) is 1.58. The van der Waals surface area contributed by atoms with Crippen LogP contribution in [0.4, 0.5) is 0 Å². The largest absolute Gasteiger partial charge is 0.391 e. The second kappa shape index (κ2) is 3.30. The lowest BCUT2D eigenvalue weighted by Crippen LogP contribution is -2.42. The fourth-order valence-electron chi connectivity index (χ4n) is 0.246. The van der Waals surface area contributed by atoms with E-state index in [1.54, 1.807) is 0 Å². The highest BCUT2D eigenvalue weighted by molar-refractivity contribution is 4.59. The molecule has 0 saturated heterocycles. The van der Waals surface area contributed by atoms with Crippen LogP contribution >= 0.6 is 0 Å². The lowest BCUT2D eigenvalue weighted by Gasteiger charge is -2.19. The molecule has 0 heterocycles. The first-order chi connectivity index (χ1) is 4.54. The molecule has 7 heteroatoms. The molecule has 0 amide bonds. The van der Waals surface area contributed by atoms with E-state index >= 15 is 0 Å². The van der Waals surface area contributed by atoms with E-state index in [-0.39, 0.29) is 0 Å². The van der Waals surface area contributed by atoms with E-state index in [1.165, 1.54) is 0 Å². The molecule has 60 valence electrons. The smallest absolute Gasteiger partial charge is 0.297 e. The molecule has 0 spiro atoms. The highest BCUT2D eigenvalue weighted by Gasteiger charge is 2.29. The number of aliphatic hydroxyl groups excluding tert-OH is 2. The van der Waals surface area contributed by atoms with E-state index in [1.807, 2.05) is 0 Å². The Balaban J connectivity index is 3.92. The summed E-state index contributed by atoms with van der Waals surface area (Å²) in [5, 5.41) is 33.3. The molecule has 0 aromatic carbocycles. The van der Waals surface area contributed by atoms with Crippen molar-refractivity contribution in [3.63, 3.8) is 0 Å². The number of hydrogen-bond donors (Lipinski definition) is 3. The monoisotopic (exact) mass is 153 g/mol. The maximum Gasteiger partial charge on any atom is 0.297 e. The number of aliphatic hydroxyl groups is 3. The molecular formula is C3H7NO6. The standard InChI is InChI=1S/C3H7NO6/c5-1-3(7,2-6)10-4(8)9/h5-7H,1-2H2. The number of nitrogens with zero attached hydrogens (tertiary/aromatic N) is 1. The Hall–Kier alpha value is -0.920. The summed E-state index contributed by atoms with van der Waals surface area (Å²) in [5.41, 5.74) is 0. The minimum atomic E-state index is -2.48. The van der Waals surface area contributed by atoms with Crippen LogP contribution in [0.2, 0.25) is 0 Å². The molecule has 0 unspecified atom stereocenters. The molecule has 0 saturated carbocycles. The van der Waals surface area contributed by atoms with Crippen LogP contribution in [-0.4, -0.2) is 39.4 Å². The molecule has 0 bridgehead atoms. The van der Waals surface area contributed by atoms with Gasteiger partial charge in [-0.2, -0.15) is 0 Å². The summed E-state index contributed by atoms with van der Waals surface area (Å²) in [6, 6.07) is 0. The molecule has 0 rings (SSSR count). The van der Waals surface area contributed by atoms with Gasteiger partial charge in [-0.25, -0.2) is 0 Å². The average Bonchev–Trinajstić information content (AvgIpc) is 1.87. The minimum Gasteiger partial charge on any atom is -0.391 e. The number of hydrogen-bond acceptors (Lipinski definition) is 6. The summed E-state index contributed by atoms with van der Waals surface area (Å²) >= 11 is 0. The molecule has 7 nitrogen and oxygen atoms in total. The first-order valence-corrected chi connectivity index (χ1v) is 2.32. The van der Waals surface area contributed by atoms with Crippen LogP contribution in [0.5, 0.6) is 0 Å². The predicted molar refractivity (Wildman–Crippen MR) is 27.2 cm³/mol. The first-order valence-electron chi connectivity index (χ1n) is 2.32. The maximum absolute atomic E-state index is 9.53. The third-order valence-electron chi connectivity index (χ3n) is 0.739. The van der Waals surface area contributed by atoms with Gasteiger partial charge in [0.1, 0.15) is 0 Å². The van der Waals surface area contributed by atoms with Crippen molar-refractivity contribution in [2.24, 2.45) is 0 Å².